The van der Waals surface area contributed by atoms with Crippen LogP contribution in [0.15, 0.2) is 95.9 Å². The zero-order valence-corrected chi connectivity index (χ0v) is 24.1. The molecular weight excluding hydrogens is 556 g/mol. The van der Waals surface area contributed by atoms with E-state index < -0.39 is 17.4 Å². The van der Waals surface area contributed by atoms with Crippen LogP contribution >= 0.6 is 0 Å². The van der Waals surface area contributed by atoms with Crippen LogP contribution in [0.1, 0.15) is 39.2 Å². The van der Waals surface area contributed by atoms with Gasteiger partial charge in [-0.2, -0.15) is 4.98 Å². The second-order valence-electron chi connectivity index (χ2n) is 11.1. The number of hydrogen-bond acceptors (Lipinski definition) is 8. The van der Waals surface area contributed by atoms with Crippen molar-refractivity contribution >= 4 is 40.0 Å². The molecule has 1 amide bonds. The Kier molecular flexibility index (Phi) is 7.21. The number of nitrogens with zero attached hydrogens (tertiary/aromatic N) is 4. The number of para-hydroxylation sites is 1. The molecule has 0 saturated carbocycles. The van der Waals surface area contributed by atoms with Crippen molar-refractivity contribution in [2.24, 2.45) is 0 Å². The van der Waals surface area contributed by atoms with Crippen LogP contribution in [0.4, 0.5) is 17.3 Å². The Morgan fingerprint density at radius 1 is 1.00 bits per heavy atom. The second-order valence-corrected chi connectivity index (χ2v) is 11.1. The molecule has 10 heteroatoms. The molecule has 220 valence electrons. The van der Waals surface area contributed by atoms with Gasteiger partial charge in [0, 0.05) is 48.0 Å². The van der Waals surface area contributed by atoms with Gasteiger partial charge in [0.05, 0.1) is 18.3 Å². The fraction of sp³-hybridized carbons (Fsp3) is 0.206. The number of aromatic nitrogens is 3. The quantitative estimate of drug-likeness (QED) is 0.279. The van der Waals surface area contributed by atoms with E-state index in [1.165, 1.54) is 10.6 Å². The van der Waals surface area contributed by atoms with Gasteiger partial charge >= 0.3 is 0 Å². The number of nitrogens with one attached hydrogen (secondary N) is 2. The number of likely N-dealkylation sites (N-methyl/N-ethyl adjacent to an activating group) is 1. The Hall–Kier alpha value is -5.19. The highest BCUT2D eigenvalue weighted by Gasteiger charge is 2.32. The topological polar surface area (TPSA) is 118 Å². The standard InChI is InChI=1S/C34H30N6O4/c1-39-15-16-44-29(20-39)21-11-13-25(14-12-21)36-34-35-19-24-17-26(30(41)22-7-3-2-4-8-22)33(43)40(31(24)38-34)28-18-23-9-5-6-10-27(23)37-32(28)42/h2-14,17,19,28-29H,15-16,18,20H2,1H3,(H,37,42)(H,35,36,38). The SMILES string of the molecule is CN1CCOC(c2ccc(Nc3ncc4cc(C(=O)c5ccccc5)c(=O)n(C5Cc6ccccc6NC5=O)c4n3)cc2)C1. The Labute approximate surface area is 253 Å². The summed E-state index contributed by atoms with van der Waals surface area (Å²) in [4.78, 5) is 52.5. The van der Waals surface area contributed by atoms with Crippen LogP contribution in [0.2, 0.25) is 0 Å². The van der Waals surface area contributed by atoms with Gasteiger partial charge in [-0.1, -0.05) is 60.7 Å². The molecule has 0 aliphatic carbocycles. The first-order chi connectivity index (χ1) is 21.4. The van der Waals surface area contributed by atoms with Gasteiger partial charge in [-0.3, -0.25) is 19.0 Å². The number of rotatable bonds is 6. The van der Waals surface area contributed by atoms with E-state index in [9.17, 15) is 14.4 Å². The average Bonchev–Trinajstić information content (AvgIpc) is 3.05. The van der Waals surface area contributed by atoms with Crippen LogP contribution in [-0.4, -0.2) is 57.9 Å². The molecule has 2 N–H and O–H groups in total. The maximum atomic E-state index is 14.1. The van der Waals surface area contributed by atoms with E-state index in [0.717, 1.165) is 29.9 Å². The average molecular weight is 587 g/mol. The molecule has 2 unspecified atom stereocenters. The summed E-state index contributed by atoms with van der Waals surface area (Å²) in [6.45, 7) is 2.43. The van der Waals surface area contributed by atoms with Crippen molar-refractivity contribution in [2.45, 2.75) is 18.6 Å². The summed E-state index contributed by atoms with van der Waals surface area (Å²) in [6.07, 6.45) is 1.85. The van der Waals surface area contributed by atoms with Gasteiger partial charge in [-0.05, 0) is 42.4 Å². The summed E-state index contributed by atoms with van der Waals surface area (Å²) < 4.78 is 7.27. The largest absolute Gasteiger partial charge is 0.371 e. The van der Waals surface area contributed by atoms with Crippen molar-refractivity contribution in [3.8, 4) is 0 Å². The molecule has 7 rings (SSSR count). The Morgan fingerprint density at radius 3 is 2.57 bits per heavy atom. The minimum atomic E-state index is -0.918. The highest BCUT2D eigenvalue weighted by molar-refractivity contribution is 6.10. The third kappa shape index (κ3) is 5.25. The number of fused-ring (bicyclic) bond motifs is 2. The predicted octanol–water partition coefficient (Wildman–Crippen LogP) is 4.51. The molecule has 4 heterocycles. The van der Waals surface area contributed by atoms with Crippen molar-refractivity contribution < 1.29 is 14.3 Å². The fourth-order valence-electron chi connectivity index (χ4n) is 5.81. The zero-order chi connectivity index (χ0) is 30.2. The molecule has 0 bridgehead atoms. The lowest BCUT2D eigenvalue weighted by Crippen LogP contribution is -2.39. The number of morpholine rings is 1. The van der Waals surface area contributed by atoms with Gasteiger partial charge in [-0.15, -0.1) is 0 Å². The maximum absolute atomic E-state index is 14.1. The van der Waals surface area contributed by atoms with Gasteiger partial charge in [0.15, 0.2) is 5.78 Å². The van der Waals surface area contributed by atoms with Gasteiger partial charge < -0.3 is 20.3 Å². The number of ether oxygens (including phenoxy) is 1. The van der Waals surface area contributed by atoms with Crippen LogP contribution in [0, 0.1) is 0 Å². The molecule has 2 atom stereocenters. The van der Waals surface area contributed by atoms with E-state index in [-0.39, 0.29) is 35.6 Å². The third-order valence-corrected chi connectivity index (χ3v) is 8.16. The van der Waals surface area contributed by atoms with Crippen molar-refractivity contribution in [3.05, 3.63) is 124 Å². The third-order valence-electron chi connectivity index (χ3n) is 8.16. The molecule has 5 aromatic rings. The van der Waals surface area contributed by atoms with E-state index in [0.29, 0.717) is 23.2 Å². The Balaban J connectivity index is 1.28. The lowest BCUT2D eigenvalue weighted by molar-refractivity contribution is -0.119. The van der Waals surface area contributed by atoms with E-state index in [4.69, 9.17) is 9.72 Å². The monoisotopic (exact) mass is 586 g/mol. The number of hydrogen-bond donors (Lipinski definition) is 2. The summed E-state index contributed by atoms with van der Waals surface area (Å²) in [5, 5.41) is 6.60. The van der Waals surface area contributed by atoms with E-state index in [1.54, 1.807) is 36.5 Å². The van der Waals surface area contributed by atoms with Crippen LogP contribution in [-0.2, 0) is 16.0 Å². The summed E-state index contributed by atoms with van der Waals surface area (Å²) in [7, 11) is 2.08. The molecule has 0 spiro atoms. The zero-order valence-electron chi connectivity index (χ0n) is 24.1. The highest BCUT2D eigenvalue weighted by atomic mass is 16.5. The fourth-order valence-corrected chi connectivity index (χ4v) is 5.81. The summed E-state index contributed by atoms with van der Waals surface area (Å²) in [5.41, 5.74) is 3.42. The maximum Gasteiger partial charge on any atom is 0.264 e. The molecule has 2 aromatic heterocycles. The summed E-state index contributed by atoms with van der Waals surface area (Å²) >= 11 is 0. The minimum absolute atomic E-state index is 0.00807. The summed E-state index contributed by atoms with van der Waals surface area (Å²) in [5.74, 6) is -0.528. The minimum Gasteiger partial charge on any atom is -0.371 e. The molecule has 1 fully saturated rings. The van der Waals surface area contributed by atoms with Crippen LogP contribution in [0.5, 0.6) is 0 Å². The number of anilines is 3. The van der Waals surface area contributed by atoms with Crippen molar-refractivity contribution in [2.75, 3.05) is 37.4 Å². The smallest absolute Gasteiger partial charge is 0.264 e. The normalized spacial score (nSPS) is 18.4. The first kappa shape index (κ1) is 27.6. The van der Waals surface area contributed by atoms with Gasteiger partial charge in [0.25, 0.3) is 5.56 Å². The van der Waals surface area contributed by atoms with Gasteiger partial charge in [0.1, 0.15) is 11.7 Å². The molecule has 2 aliphatic rings. The molecular formula is C34H30N6O4. The number of carbonyl (C=O) groups is 2. The van der Waals surface area contributed by atoms with Crippen molar-refractivity contribution in [3.63, 3.8) is 0 Å². The van der Waals surface area contributed by atoms with Crippen LogP contribution < -0.4 is 16.2 Å². The van der Waals surface area contributed by atoms with Gasteiger partial charge in [0.2, 0.25) is 11.9 Å². The molecule has 3 aromatic carbocycles. The highest BCUT2D eigenvalue weighted by Crippen LogP contribution is 2.30. The second kappa shape index (κ2) is 11.5. The lowest BCUT2D eigenvalue weighted by Gasteiger charge is -2.30. The predicted molar refractivity (Wildman–Crippen MR) is 167 cm³/mol. The molecule has 44 heavy (non-hydrogen) atoms. The van der Waals surface area contributed by atoms with Gasteiger partial charge in [-0.25, -0.2) is 4.98 Å². The molecule has 2 aliphatic heterocycles. The Morgan fingerprint density at radius 2 is 1.77 bits per heavy atom. The van der Waals surface area contributed by atoms with Crippen molar-refractivity contribution in [1.82, 2.24) is 19.4 Å². The number of amides is 1. The van der Waals surface area contributed by atoms with E-state index >= 15 is 0 Å². The van der Waals surface area contributed by atoms with E-state index in [1.807, 2.05) is 48.5 Å². The molecule has 1 saturated heterocycles. The number of pyridine rings is 1. The summed E-state index contributed by atoms with van der Waals surface area (Å²) in [6, 6.07) is 24.6. The Bertz CT molecular complexity index is 1940. The first-order valence-corrected chi connectivity index (χ1v) is 14.5. The van der Waals surface area contributed by atoms with Crippen LogP contribution in [0.3, 0.4) is 0 Å². The number of ketones is 1. The van der Waals surface area contributed by atoms with E-state index in [2.05, 4.69) is 27.6 Å². The lowest BCUT2D eigenvalue weighted by atomic mass is 9.97. The molecule has 0 radical (unpaired) electrons. The van der Waals surface area contributed by atoms with Crippen molar-refractivity contribution in [1.29, 1.82) is 0 Å². The number of carbonyl (C=O) groups excluding carboxylic acids is 2. The first-order valence-electron chi connectivity index (χ1n) is 14.5. The van der Waals surface area contributed by atoms with Crippen LogP contribution in [0.25, 0.3) is 11.0 Å². The molecule has 10 nitrogen and oxygen atoms in total. The number of benzene rings is 3.